The Kier molecular flexibility index (Phi) is 99.4. The fourth-order valence-corrected chi connectivity index (χ4v) is 18.5. The van der Waals surface area contributed by atoms with Crippen molar-refractivity contribution in [1.29, 1.82) is 10.5 Å². The molecule has 656 valence electrons. The van der Waals surface area contributed by atoms with E-state index in [2.05, 4.69) is 195 Å². The Morgan fingerprint density at radius 1 is 0.439 bits per heavy atom. The van der Waals surface area contributed by atoms with Gasteiger partial charge in [-0.3, -0.25) is 4.70 Å². The van der Waals surface area contributed by atoms with E-state index in [4.69, 9.17) is 69.0 Å². The Hall–Kier alpha value is 1.71. The summed E-state index contributed by atoms with van der Waals surface area (Å²) in [5, 5.41) is 51.5. The van der Waals surface area contributed by atoms with Gasteiger partial charge in [-0.15, -0.1) is 0 Å². The largest absolute Gasteiger partial charge is 0.417 e. The van der Waals surface area contributed by atoms with Gasteiger partial charge < -0.3 is 67.1 Å². The zero-order chi connectivity index (χ0) is 82.4. The first-order valence-corrected chi connectivity index (χ1v) is 62.3. The molecule has 0 spiro atoms. The molecule has 0 aromatic heterocycles. The molecule has 0 radical (unpaired) electrons. The zero-order valence-corrected chi connectivity index (χ0v) is 84.8. The Bertz CT molecular complexity index is 2130. The van der Waals surface area contributed by atoms with Gasteiger partial charge in [-0.1, -0.05) is 130 Å². The lowest BCUT2D eigenvalue weighted by Crippen LogP contribution is -2.40. The number of alkyl halides is 1. The van der Waals surface area contributed by atoms with Crippen LogP contribution in [0.1, 0.15) is 261 Å². The number of rotatable bonds is 47. The lowest BCUT2D eigenvalue weighted by molar-refractivity contribution is 0.174. The molecule has 0 aliphatic carbocycles. The average Bonchev–Trinajstić information content (AvgIpc) is 0.858. The first-order valence-electron chi connectivity index (χ1n) is 38.3. The molecular weight excluding hydrogens is 1660 g/mol. The molecule has 7 N–H and O–H groups in total. The number of hydrogen-bond donors (Lipinski definition) is 5. The molecule has 0 rings (SSSR count). The van der Waals surface area contributed by atoms with E-state index in [-0.39, 0.29) is 45.5 Å². The summed E-state index contributed by atoms with van der Waals surface area (Å²) in [6, 6.07) is 5.51. The highest BCUT2D eigenvalue weighted by molar-refractivity contribution is 14.1. The van der Waals surface area contributed by atoms with Crippen molar-refractivity contribution in [3.63, 3.8) is 0 Å². The van der Waals surface area contributed by atoms with Gasteiger partial charge in [0.05, 0.1) is 66.2 Å². The molecule has 0 saturated carbocycles. The molecule has 2 atom stereocenters. The number of hydrogen-bond acceptors (Lipinski definition) is 19. The van der Waals surface area contributed by atoms with Crippen LogP contribution < -0.4 is 6.15 Å². The Morgan fingerprint density at radius 2 is 0.664 bits per heavy atom. The molecule has 0 bridgehead atoms. The summed E-state index contributed by atoms with van der Waals surface area (Å²) in [6.45, 7) is 70.8. The normalized spacial score (nSPS) is 12.4. The SMILES string of the molecule is C.C.CC(C)(C)[Si](C)(C)OCCCCCI.CC(C)(C)[Si](C)(C)OCCCCCO.CC(C)(C)[Si](C)(C)OCCCCCP(C)(C)=O.CC(C)N(C(C)C)P(Cl)OCCC#N.CC(C)N(C(C)C)P(OCCC#N)OCCCCCP(C)(C)=O.CP(C)(=O)CCCCCO.C[P+](C)=O.F.N.OCCCCCO. The number of unbranched alkanes of at least 4 members (excludes halogenated alkanes) is 12. The minimum Gasteiger partial charge on any atom is -0.417 e. The molecule has 0 aliphatic heterocycles. The van der Waals surface area contributed by atoms with E-state index in [1.807, 2.05) is 46.1 Å². The van der Waals surface area contributed by atoms with Crippen LogP contribution in [0.2, 0.25) is 54.4 Å². The van der Waals surface area contributed by atoms with Crippen LogP contribution in [0.4, 0.5) is 4.70 Å². The lowest BCUT2D eigenvalue weighted by Gasteiger charge is -2.36. The topological polar surface area (TPSA) is 294 Å². The van der Waals surface area contributed by atoms with E-state index in [0.29, 0.717) is 78.6 Å². The molecule has 2 unspecified atom stereocenters. The van der Waals surface area contributed by atoms with E-state index >= 15 is 0 Å². The number of aliphatic hydroxyl groups is 4. The zero-order valence-electron chi connectivity index (χ0n) is 73.6. The summed E-state index contributed by atoms with van der Waals surface area (Å²) in [7, 11) is -13.1. The van der Waals surface area contributed by atoms with Crippen LogP contribution in [-0.2, 0) is 45.1 Å². The summed E-state index contributed by atoms with van der Waals surface area (Å²) in [5.74, 6) is 0. The van der Waals surface area contributed by atoms with Crippen LogP contribution in [0.25, 0.3) is 0 Å². The summed E-state index contributed by atoms with van der Waals surface area (Å²) in [5.41, 5.74) is 0. The highest BCUT2D eigenvalue weighted by Gasteiger charge is 2.39. The van der Waals surface area contributed by atoms with Crippen LogP contribution in [0.15, 0.2) is 0 Å². The maximum Gasteiger partial charge on any atom is 0.332 e. The van der Waals surface area contributed by atoms with Crippen molar-refractivity contribution in [2.24, 2.45) is 0 Å². The van der Waals surface area contributed by atoms with Gasteiger partial charge in [0.2, 0.25) is 7.65 Å². The molecule has 0 fully saturated rings. The van der Waals surface area contributed by atoms with Gasteiger partial charge in [0.1, 0.15) is 13.3 Å². The van der Waals surface area contributed by atoms with Gasteiger partial charge in [-0.25, -0.2) is 9.34 Å². The van der Waals surface area contributed by atoms with Gasteiger partial charge in [0, 0.05) is 88.9 Å². The predicted octanol–water partition coefficient (Wildman–Crippen LogP) is 25.7. The summed E-state index contributed by atoms with van der Waals surface area (Å²) < 4.78 is 84.9. The molecule has 0 saturated heterocycles. The molecule has 0 heterocycles. The standard InChI is InChI=1S/C16H34N2O3P2.C13H31O2PSi.C11H25IOSi.C11H26O2Si.C9H18ClN2OP.C7H17O2P.C5H12O2.C2H6OP.2CH4.FH.H3N/c1-15(2)18(16(3)4)22(21-13-10-11-17)20-12-8-7-9-14-23(5,6)19;1-13(2,3)17(6,7)15-11-9-8-10-12-16(4,5)14;2*1-11(2,3)14(4,5)13-10-8-6-7-9-12;1-8(2)12(9(3)4)14(10)13-7-5-6-11;1-10(2,9)7-5-3-4-6-8;6-4-2-1-3-5-7;1-4(2)3;;;;/h15-16H,7-10,12-14H2,1-6H3;8-12H2,1-7H3;6-10H2,1-5H3;12H,6-10H2,1-5H3;8-9H,5,7H2,1-4H3;8H,3-7H2,1-2H3;6-7H,1-5H2;1-2H3;2*1H4;1H;1H3/q;;;;;;;+1;;;;. The van der Waals surface area contributed by atoms with Crippen molar-refractivity contribution < 1.29 is 70.2 Å². The average molecular weight is 1840 g/mol. The highest BCUT2D eigenvalue weighted by Crippen LogP contribution is 2.50. The summed E-state index contributed by atoms with van der Waals surface area (Å²) >= 11 is 8.57. The first-order chi connectivity index (χ1) is 47.0. The minimum absolute atomic E-state index is 0. The maximum atomic E-state index is 11.7. The van der Waals surface area contributed by atoms with E-state index in [1.54, 1.807) is 13.3 Å². The highest BCUT2D eigenvalue weighted by atomic mass is 127. The molecule has 19 nitrogen and oxygen atoms in total. The van der Waals surface area contributed by atoms with Crippen LogP contribution in [-0.4, -0.2) is 221 Å². The minimum atomic E-state index is -1.89. The first kappa shape index (κ1) is 135. The van der Waals surface area contributed by atoms with Crippen LogP contribution >= 0.6 is 79.2 Å². The van der Waals surface area contributed by atoms with Crippen molar-refractivity contribution >= 4 is 104 Å². The Balaban J connectivity index is -0.0000000989. The molecule has 0 amide bonds. The van der Waals surface area contributed by atoms with Crippen molar-refractivity contribution in [1.82, 2.24) is 15.5 Å². The Labute approximate surface area is 689 Å². The number of aliphatic hydroxyl groups excluding tert-OH is 4. The second kappa shape index (κ2) is 78.9. The molecule has 0 aromatic rings. The summed E-state index contributed by atoms with van der Waals surface area (Å²) in [6.07, 6.45) is 21.9. The number of halogens is 3. The second-order valence-corrected chi connectivity index (χ2v) is 64.8. The van der Waals surface area contributed by atoms with Gasteiger partial charge in [0.15, 0.2) is 25.0 Å². The number of nitrogens with zero attached hydrogens (tertiary/aromatic N) is 4. The van der Waals surface area contributed by atoms with Crippen molar-refractivity contribution in [3.05, 3.63) is 0 Å². The summed E-state index contributed by atoms with van der Waals surface area (Å²) in [4.78, 5) is 0. The molecule has 0 aliphatic rings. The molecule has 0 aromatic carbocycles. The Morgan fingerprint density at radius 3 is 0.897 bits per heavy atom. The molecule has 31 heteroatoms. The van der Waals surface area contributed by atoms with Gasteiger partial charge >= 0.3 is 7.80 Å². The van der Waals surface area contributed by atoms with E-state index in [1.165, 1.54) is 23.7 Å². The number of nitriles is 2. The van der Waals surface area contributed by atoms with Crippen LogP contribution in [0.3, 0.4) is 0 Å². The predicted molar refractivity (Wildman–Crippen MR) is 495 cm³/mol. The van der Waals surface area contributed by atoms with Crippen molar-refractivity contribution in [2.45, 2.75) is 340 Å². The quantitative estimate of drug-likeness (QED) is 0.0124. The van der Waals surface area contributed by atoms with Crippen molar-refractivity contribution in [3.8, 4) is 12.1 Å². The van der Waals surface area contributed by atoms with Gasteiger partial charge in [-0.2, -0.15) is 10.5 Å². The van der Waals surface area contributed by atoms with Gasteiger partial charge in [0.25, 0.3) is 8.53 Å². The maximum absolute atomic E-state index is 11.7. The van der Waals surface area contributed by atoms with E-state index in [0.717, 1.165) is 135 Å². The van der Waals surface area contributed by atoms with Crippen LogP contribution in [0.5, 0.6) is 0 Å². The lowest BCUT2D eigenvalue weighted by atomic mass is 10.2. The van der Waals surface area contributed by atoms with E-state index in [9.17, 15) is 18.3 Å². The monoisotopic (exact) mass is 1840 g/mol. The third-order valence-corrected chi connectivity index (χ3v) is 39.9. The molecular formula is C76H181ClFIN5O14P6Si3+. The van der Waals surface area contributed by atoms with Gasteiger partial charge in [-0.05, 0) is 255 Å². The third kappa shape index (κ3) is 98.2. The fourth-order valence-electron chi connectivity index (χ4n) is 7.77. The van der Waals surface area contributed by atoms with Crippen molar-refractivity contribution in [2.75, 3.05) is 142 Å². The van der Waals surface area contributed by atoms with Crippen LogP contribution in [0, 0.1) is 22.7 Å². The fraction of sp³-hybridized carbons (Fsp3) is 0.974. The second-order valence-electron chi connectivity index (χ2n) is 33.4. The smallest absolute Gasteiger partial charge is 0.332 e. The van der Waals surface area contributed by atoms with E-state index < -0.39 is 70.4 Å². The molecule has 107 heavy (non-hydrogen) atoms. The third-order valence-electron chi connectivity index (χ3n) is 16.8.